The molecule has 7 nitrogen and oxygen atoms in total. The first-order chi connectivity index (χ1) is 14.1. The Hall–Kier alpha value is -2.67. The highest BCUT2D eigenvalue weighted by molar-refractivity contribution is 5.86. The molecule has 1 aromatic carbocycles. The van der Waals surface area contributed by atoms with Gasteiger partial charge in [-0.2, -0.15) is 5.10 Å². The molecule has 2 saturated heterocycles. The molecule has 3 heterocycles. The van der Waals surface area contributed by atoms with E-state index in [4.69, 9.17) is 5.10 Å². The molecule has 0 saturated carbocycles. The van der Waals surface area contributed by atoms with Crippen LogP contribution in [0, 0.1) is 13.8 Å². The van der Waals surface area contributed by atoms with Crippen molar-refractivity contribution in [3.05, 3.63) is 47.3 Å². The van der Waals surface area contributed by atoms with Crippen LogP contribution in [0.25, 0.3) is 5.69 Å². The number of rotatable bonds is 4. The van der Waals surface area contributed by atoms with Gasteiger partial charge in [0.25, 0.3) is 0 Å². The van der Waals surface area contributed by atoms with Gasteiger partial charge in [-0.25, -0.2) is 4.68 Å². The van der Waals surface area contributed by atoms with Gasteiger partial charge in [0.05, 0.1) is 17.9 Å². The van der Waals surface area contributed by atoms with Crippen LogP contribution in [-0.4, -0.2) is 64.1 Å². The molecule has 0 aliphatic carbocycles. The predicted octanol–water partition coefficient (Wildman–Crippen LogP) is 1.97. The van der Waals surface area contributed by atoms with E-state index >= 15 is 0 Å². The Bertz CT molecular complexity index is 886. The van der Waals surface area contributed by atoms with Gasteiger partial charge < -0.3 is 10.2 Å². The zero-order valence-corrected chi connectivity index (χ0v) is 17.2. The number of aryl methyl sites for hydroxylation is 1. The van der Waals surface area contributed by atoms with Gasteiger partial charge in [-0.3, -0.25) is 14.5 Å². The number of aromatic nitrogens is 2. The van der Waals surface area contributed by atoms with E-state index in [-0.39, 0.29) is 18.4 Å². The summed E-state index contributed by atoms with van der Waals surface area (Å²) in [7, 11) is 0. The van der Waals surface area contributed by atoms with Gasteiger partial charge in [0.2, 0.25) is 11.8 Å². The largest absolute Gasteiger partial charge is 0.353 e. The maximum atomic E-state index is 12.9. The molecule has 1 aromatic heterocycles. The first-order valence-electron chi connectivity index (χ1n) is 10.5. The molecular formula is C22H29N5O2. The highest BCUT2D eigenvalue weighted by atomic mass is 16.2. The molecule has 1 unspecified atom stereocenters. The summed E-state index contributed by atoms with van der Waals surface area (Å²) >= 11 is 0. The maximum Gasteiger partial charge on any atom is 0.242 e. The number of hydrogen-bond donors (Lipinski definition) is 1. The summed E-state index contributed by atoms with van der Waals surface area (Å²) in [6.07, 6.45) is 3.32. The summed E-state index contributed by atoms with van der Waals surface area (Å²) in [6, 6.07) is 9.43. The van der Waals surface area contributed by atoms with E-state index in [2.05, 4.69) is 5.32 Å². The number of carbonyl (C=O) groups excluding carboxylic acids is 2. The van der Waals surface area contributed by atoms with Gasteiger partial charge in [0.15, 0.2) is 0 Å². The van der Waals surface area contributed by atoms with E-state index in [1.54, 1.807) is 0 Å². The molecule has 1 N–H and O–H groups in total. The van der Waals surface area contributed by atoms with Crippen molar-refractivity contribution in [2.45, 2.75) is 39.2 Å². The third-order valence-corrected chi connectivity index (χ3v) is 5.98. The van der Waals surface area contributed by atoms with Crippen molar-refractivity contribution in [3.63, 3.8) is 0 Å². The third kappa shape index (κ3) is 3.92. The van der Waals surface area contributed by atoms with Gasteiger partial charge in [0, 0.05) is 37.4 Å². The smallest absolute Gasteiger partial charge is 0.242 e. The van der Waals surface area contributed by atoms with Crippen molar-refractivity contribution in [2.75, 3.05) is 32.7 Å². The van der Waals surface area contributed by atoms with Crippen LogP contribution in [0.2, 0.25) is 0 Å². The Morgan fingerprint density at radius 2 is 1.83 bits per heavy atom. The second-order valence-corrected chi connectivity index (χ2v) is 7.94. The van der Waals surface area contributed by atoms with E-state index in [1.165, 1.54) is 6.42 Å². The fourth-order valence-corrected chi connectivity index (χ4v) is 4.49. The summed E-state index contributed by atoms with van der Waals surface area (Å²) in [5, 5.41) is 7.68. The normalized spacial score (nSPS) is 20.6. The van der Waals surface area contributed by atoms with Gasteiger partial charge >= 0.3 is 0 Å². The Kier molecular flexibility index (Phi) is 5.67. The lowest BCUT2D eigenvalue weighted by Gasteiger charge is -2.36. The van der Waals surface area contributed by atoms with Crippen molar-refractivity contribution in [3.8, 4) is 5.69 Å². The second kappa shape index (κ2) is 8.37. The lowest BCUT2D eigenvalue weighted by molar-refractivity contribution is -0.137. The summed E-state index contributed by atoms with van der Waals surface area (Å²) in [5.41, 5.74) is 3.62. The van der Waals surface area contributed by atoms with Crippen LogP contribution in [0.1, 0.15) is 42.3 Å². The molecule has 4 rings (SSSR count). The Labute approximate surface area is 171 Å². The van der Waals surface area contributed by atoms with Crippen molar-refractivity contribution < 1.29 is 9.59 Å². The fourth-order valence-electron chi connectivity index (χ4n) is 4.49. The average Bonchev–Trinajstić information content (AvgIpc) is 3.03. The van der Waals surface area contributed by atoms with E-state index in [9.17, 15) is 9.59 Å². The molecule has 154 valence electrons. The molecule has 29 heavy (non-hydrogen) atoms. The first-order valence-corrected chi connectivity index (χ1v) is 10.5. The van der Waals surface area contributed by atoms with Gasteiger partial charge in [-0.1, -0.05) is 18.2 Å². The Morgan fingerprint density at radius 3 is 2.55 bits per heavy atom. The highest BCUT2D eigenvalue weighted by Crippen LogP contribution is 2.30. The molecule has 2 aromatic rings. The lowest BCUT2D eigenvalue weighted by Crippen LogP contribution is -2.53. The van der Waals surface area contributed by atoms with Crippen molar-refractivity contribution in [2.24, 2.45) is 0 Å². The minimum atomic E-state index is -0.491. The number of piperazine rings is 1. The Morgan fingerprint density at radius 1 is 1.10 bits per heavy atom. The summed E-state index contributed by atoms with van der Waals surface area (Å²) in [6.45, 7) is 7.08. The Balaban J connectivity index is 1.63. The molecule has 2 aliphatic rings. The third-order valence-electron chi connectivity index (χ3n) is 5.98. The number of nitrogens with one attached hydrogen (secondary N) is 1. The van der Waals surface area contributed by atoms with Crippen molar-refractivity contribution in [1.82, 2.24) is 24.9 Å². The topological polar surface area (TPSA) is 70.5 Å². The molecule has 0 spiro atoms. The number of benzene rings is 1. The predicted molar refractivity (Wildman–Crippen MR) is 111 cm³/mol. The zero-order valence-electron chi connectivity index (χ0n) is 17.2. The van der Waals surface area contributed by atoms with E-state index in [0.717, 1.165) is 48.6 Å². The van der Waals surface area contributed by atoms with E-state index in [1.807, 2.05) is 58.7 Å². The minimum absolute atomic E-state index is 0.0542. The van der Waals surface area contributed by atoms with Crippen LogP contribution in [0.5, 0.6) is 0 Å². The van der Waals surface area contributed by atoms with Gasteiger partial charge in [0.1, 0.15) is 6.04 Å². The van der Waals surface area contributed by atoms with E-state index < -0.39 is 6.04 Å². The number of piperidine rings is 1. The molecule has 1 atom stereocenters. The number of carbonyl (C=O) groups is 2. The highest BCUT2D eigenvalue weighted by Gasteiger charge is 2.37. The fraction of sp³-hybridized carbons (Fsp3) is 0.500. The van der Waals surface area contributed by atoms with Crippen LogP contribution in [0.3, 0.4) is 0 Å². The maximum absolute atomic E-state index is 12.9. The summed E-state index contributed by atoms with van der Waals surface area (Å²) in [5.74, 6) is 0.0664. The van der Waals surface area contributed by atoms with E-state index in [0.29, 0.717) is 13.1 Å². The molecule has 2 fully saturated rings. The van der Waals surface area contributed by atoms with Crippen molar-refractivity contribution >= 4 is 11.8 Å². The van der Waals surface area contributed by atoms with Gasteiger partial charge in [-0.15, -0.1) is 0 Å². The summed E-state index contributed by atoms with van der Waals surface area (Å²) in [4.78, 5) is 29.7. The van der Waals surface area contributed by atoms with Crippen molar-refractivity contribution in [1.29, 1.82) is 0 Å². The van der Waals surface area contributed by atoms with Crippen LogP contribution >= 0.6 is 0 Å². The van der Waals surface area contributed by atoms with Crippen LogP contribution in [-0.2, 0) is 9.59 Å². The average molecular weight is 396 g/mol. The molecule has 2 aliphatic heterocycles. The molecule has 0 radical (unpaired) electrons. The van der Waals surface area contributed by atoms with Crippen LogP contribution < -0.4 is 5.32 Å². The number of likely N-dealkylation sites (tertiary alicyclic amines) is 1. The SMILES string of the molecule is Cc1nn(-c2ccccc2)c(C)c1C1C(=O)NCCN1CC(=O)N1CCCCC1. The molecular weight excluding hydrogens is 366 g/mol. The number of hydrogen-bond acceptors (Lipinski definition) is 4. The monoisotopic (exact) mass is 395 g/mol. The van der Waals surface area contributed by atoms with Crippen LogP contribution in [0.15, 0.2) is 30.3 Å². The quantitative estimate of drug-likeness (QED) is 0.859. The summed E-state index contributed by atoms with van der Waals surface area (Å²) < 4.78 is 1.89. The van der Waals surface area contributed by atoms with Gasteiger partial charge in [-0.05, 0) is 45.2 Å². The lowest BCUT2D eigenvalue weighted by atomic mass is 10.00. The second-order valence-electron chi connectivity index (χ2n) is 7.94. The minimum Gasteiger partial charge on any atom is -0.353 e. The van der Waals surface area contributed by atoms with Crippen LogP contribution in [0.4, 0.5) is 0 Å². The molecule has 2 amide bonds. The standard InChI is InChI=1S/C22H29N5O2/c1-16-20(17(2)27(24-16)18-9-5-3-6-10-18)21-22(29)23-11-14-26(21)15-19(28)25-12-7-4-8-13-25/h3,5-6,9-10,21H,4,7-8,11-15H2,1-2H3,(H,23,29). The number of amides is 2. The number of para-hydroxylation sites is 1. The zero-order chi connectivity index (χ0) is 20.4. The molecule has 7 heteroatoms. The first kappa shape index (κ1) is 19.6. The molecule has 0 bridgehead atoms. The number of nitrogens with zero attached hydrogens (tertiary/aromatic N) is 4.